The fraction of sp³-hybridized carbons (Fsp3) is 0.471. The molecule has 4 rings (SSSR count). The molecule has 0 unspecified atom stereocenters. The molecule has 0 bridgehead atoms. The van der Waals surface area contributed by atoms with Crippen LogP contribution in [0.5, 0.6) is 5.75 Å². The molecule has 2 aliphatic rings. The molecule has 1 saturated heterocycles. The van der Waals surface area contributed by atoms with Gasteiger partial charge in [0, 0.05) is 5.75 Å². The first-order chi connectivity index (χ1) is 13.3. The molecule has 2 aromatic rings. The first kappa shape index (κ1) is 19.6. The number of thioether (sulfide) groups is 1. The number of rotatable bonds is 4. The molecule has 0 amide bonds. The predicted molar refractivity (Wildman–Crippen MR) is 103 cm³/mol. The summed E-state index contributed by atoms with van der Waals surface area (Å²) in [6, 6.07) is 4.38. The van der Waals surface area contributed by atoms with Crippen LogP contribution in [0.1, 0.15) is 11.9 Å². The smallest absolute Gasteiger partial charge is 0.329 e. The van der Waals surface area contributed by atoms with E-state index in [1.165, 1.54) is 23.1 Å². The molecule has 3 heterocycles. The van der Waals surface area contributed by atoms with Crippen molar-refractivity contribution in [2.45, 2.75) is 43.7 Å². The van der Waals surface area contributed by atoms with Crippen LogP contribution in [0.25, 0.3) is 10.2 Å². The van der Waals surface area contributed by atoms with Gasteiger partial charge < -0.3 is 29.9 Å². The summed E-state index contributed by atoms with van der Waals surface area (Å²) in [5.74, 6) is -0.156. The first-order valence-electron chi connectivity index (χ1n) is 8.54. The minimum atomic E-state index is -1.39. The maximum atomic E-state index is 11.1. The summed E-state index contributed by atoms with van der Waals surface area (Å²) in [5.41, 5.74) is 0.711. The molecular weight excluding hydrogens is 408 g/mol. The Morgan fingerprint density at radius 1 is 1.25 bits per heavy atom. The zero-order valence-electron chi connectivity index (χ0n) is 14.6. The average Bonchev–Trinajstić information content (AvgIpc) is 3.30. The molecule has 0 saturated carbocycles. The molecule has 6 atom stereocenters. The monoisotopic (exact) mass is 426 g/mol. The SMILES string of the molecule is C[C@@H]1O[C@@H](Oc2ccc3nc(C4=N[C@@H](C(=O)O)CS4)sc3c2)[C@@H](O)[C@H](O)[C@@H]1O. The van der Waals surface area contributed by atoms with Gasteiger partial charge in [0.15, 0.2) is 6.04 Å². The van der Waals surface area contributed by atoms with Crippen LogP contribution in [0.2, 0.25) is 0 Å². The molecule has 1 aromatic carbocycles. The van der Waals surface area contributed by atoms with Crippen LogP contribution in [0, 0.1) is 0 Å². The van der Waals surface area contributed by atoms with Gasteiger partial charge in [-0.05, 0) is 25.1 Å². The van der Waals surface area contributed by atoms with E-state index >= 15 is 0 Å². The number of fused-ring (bicyclic) bond motifs is 1. The van der Waals surface area contributed by atoms with Crippen LogP contribution in [-0.4, -0.2) is 78.9 Å². The number of aliphatic imine (C=N–C) groups is 1. The van der Waals surface area contributed by atoms with E-state index in [2.05, 4.69) is 9.98 Å². The summed E-state index contributed by atoms with van der Waals surface area (Å²) < 4.78 is 11.9. The van der Waals surface area contributed by atoms with E-state index in [0.717, 1.165) is 4.70 Å². The Bertz CT molecular complexity index is 933. The molecule has 28 heavy (non-hydrogen) atoms. The van der Waals surface area contributed by atoms with Crippen molar-refractivity contribution in [2.24, 2.45) is 4.99 Å². The third-order valence-corrected chi connectivity index (χ3v) is 6.75. The molecule has 0 radical (unpaired) electrons. The minimum absolute atomic E-state index is 0.387. The highest BCUT2D eigenvalue weighted by Crippen LogP contribution is 2.32. The molecule has 0 aliphatic carbocycles. The lowest BCUT2D eigenvalue weighted by Crippen LogP contribution is -2.58. The van der Waals surface area contributed by atoms with Crippen molar-refractivity contribution in [2.75, 3.05) is 5.75 Å². The number of carboxylic acids is 1. The van der Waals surface area contributed by atoms with Crippen molar-refractivity contribution in [1.82, 2.24) is 4.98 Å². The van der Waals surface area contributed by atoms with Crippen molar-refractivity contribution >= 4 is 44.3 Å². The number of ether oxygens (including phenoxy) is 2. The lowest BCUT2D eigenvalue weighted by atomic mass is 10.00. The number of aliphatic hydroxyl groups excluding tert-OH is 3. The number of aliphatic carboxylic acids is 1. The maximum Gasteiger partial charge on any atom is 0.329 e. The van der Waals surface area contributed by atoms with Crippen molar-refractivity contribution in [1.29, 1.82) is 0 Å². The second-order valence-corrected chi connectivity index (χ2v) is 8.59. The van der Waals surface area contributed by atoms with Crippen molar-refractivity contribution in [3.8, 4) is 5.75 Å². The zero-order valence-corrected chi connectivity index (χ0v) is 16.3. The second kappa shape index (κ2) is 7.58. The summed E-state index contributed by atoms with van der Waals surface area (Å²) in [7, 11) is 0. The summed E-state index contributed by atoms with van der Waals surface area (Å²) in [6.07, 6.45) is -5.77. The highest BCUT2D eigenvalue weighted by atomic mass is 32.2. The van der Waals surface area contributed by atoms with E-state index < -0.39 is 42.7 Å². The Morgan fingerprint density at radius 2 is 2.04 bits per heavy atom. The van der Waals surface area contributed by atoms with Crippen molar-refractivity contribution in [3.63, 3.8) is 0 Å². The van der Waals surface area contributed by atoms with Gasteiger partial charge in [0.05, 0.1) is 16.3 Å². The van der Waals surface area contributed by atoms with E-state index in [0.29, 0.717) is 27.1 Å². The van der Waals surface area contributed by atoms with Crippen LogP contribution < -0.4 is 4.74 Å². The van der Waals surface area contributed by atoms with E-state index in [1.807, 2.05) is 0 Å². The van der Waals surface area contributed by atoms with Crippen molar-refractivity contribution < 1.29 is 34.7 Å². The van der Waals surface area contributed by atoms with Gasteiger partial charge in [0.25, 0.3) is 0 Å². The number of hydrogen-bond acceptors (Lipinski definition) is 10. The van der Waals surface area contributed by atoms with Gasteiger partial charge in [0.1, 0.15) is 34.1 Å². The number of thiazole rings is 1. The van der Waals surface area contributed by atoms with Gasteiger partial charge in [-0.2, -0.15) is 0 Å². The lowest BCUT2D eigenvalue weighted by Gasteiger charge is -2.38. The van der Waals surface area contributed by atoms with Gasteiger partial charge in [-0.25, -0.2) is 9.78 Å². The topological polar surface area (TPSA) is 142 Å². The predicted octanol–water partition coefficient (Wildman–Crippen LogP) is 0.449. The van der Waals surface area contributed by atoms with Gasteiger partial charge >= 0.3 is 5.97 Å². The molecular formula is C17H18N2O7S2. The van der Waals surface area contributed by atoms with Crippen LogP contribution in [0.4, 0.5) is 0 Å². The molecule has 9 nitrogen and oxygen atoms in total. The number of carbonyl (C=O) groups is 1. The highest BCUT2D eigenvalue weighted by Gasteiger charge is 2.43. The Kier molecular flexibility index (Phi) is 5.29. The number of benzene rings is 1. The van der Waals surface area contributed by atoms with Gasteiger partial charge in [-0.3, -0.25) is 4.99 Å². The second-order valence-electron chi connectivity index (χ2n) is 6.55. The summed E-state index contributed by atoms with van der Waals surface area (Å²) in [6.45, 7) is 1.58. The Labute approximate surface area is 167 Å². The normalized spacial score (nSPS) is 33.1. The first-order valence-corrected chi connectivity index (χ1v) is 10.3. The quantitative estimate of drug-likeness (QED) is 0.548. The van der Waals surface area contributed by atoms with Crippen LogP contribution >= 0.6 is 23.1 Å². The van der Waals surface area contributed by atoms with Gasteiger partial charge in [0.2, 0.25) is 6.29 Å². The van der Waals surface area contributed by atoms with Gasteiger partial charge in [-0.15, -0.1) is 23.1 Å². The number of nitrogens with zero attached hydrogens (tertiary/aromatic N) is 2. The fourth-order valence-corrected chi connectivity index (χ4v) is 5.02. The molecule has 150 valence electrons. The highest BCUT2D eigenvalue weighted by molar-refractivity contribution is 8.15. The van der Waals surface area contributed by atoms with E-state index in [-0.39, 0.29) is 0 Å². The maximum absolute atomic E-state index is 11.1. The molecule has 11 heteroatoms. The van der Waals surface area contributed by atoms with E-state index in [9.17, 15) is 20.1 Å². The van der Waals surface area contributed by atoms with Crippen LogP contribution in [-0.2, 0) is 9.53 Å². The Morgan fingerprint density at radius 3 is 2.75 bits per heavy atom. The number of hydrogen-bond donors (Lipinski definition) is 4. The number of aliphatic hydroxyl groups is 3. The summed E-state index contributed by atoms with van der Waals surface area (Å²) >= 11 is 2.72. The van der Waals surface area contributed by atoms with E-state index in [4.69, 9.17) is 14.6 Å². The van der Waals surface area contributed by atoms with E-state index in [1.54, 1.807) is 25.1 Å². The number of carboxylic acid groups (broad SMARTS) is 1. The third kappa shape index (κ3) is 3.61. The zero-order chi connectivity index (χ0) is 20.0. The average molecular weight is 426 g/mol. The third-order valence-electron chi connectivity index (χ3n) is 4.54. The van der Waals surface area contributed by atoms with Gasteiger partial charge in [-0.1, -0.05) is 0 Å². The molecule has 1 fully saturated rings. The lowest BCUT2D eigenvalue weighted by molar-refractivity contribution is -0.268. The Balaban J connectivity index is 1.54. The molecule has 0 spiro atoms. The largest absolute Gasteiger partial charge is 0.480 e. The van der Waals surface area contributed by atoms with Crippen LogP contribution in [0.15, 0.2) is 23.2 Å². The van der Waals surface area contributed by atoms with Crippen molar-refractivity contribution in [3.05, 3.63) is 23.2 Å². The fourth-order valence-electron chi connectivity index (χ4n) is 2.93. The van der Waals surface area contributed by atoms with Crippen LogP contribution in [0.3, 0.4) is 0 Å². The molecule has 1 aromatic heterocycles. The summed E-state index contributed by atoms with van der Waals surface area (Å²) in [5, 5.41) is 40.0. The minimum Gasteiger partial charge on any atom is -0.480 e. The molecule has 4 N–H and O–H groups in total. The Hall–Kier alpha value is -1.76. The standard InChI is InChI=1S/C17H18N2O7S2/c1-6-11(20)12(21)13(22)17(25-6)26-7-2-3-8-10(4-7)28-15(18-8)14-19-9(5-27-14)16(23)24/h2-4,6,9,11-13,17,20-22H,5H2,1H3,(H,23,24)/t6-,9+,11+,12+,13-,17-/m0/s1. The number of aromatic nitrogens is 1. The molecule has 2 aliphatic heterocycles. The summed E-state index contributed by atoms with van der Waals surface area (Å²) in [4.78, 5) is 19.7.